The van der Waals surface area contributed by atoms with Crippen LogP contribution in [-0.2, 0) is 15.1 Å². The van der Waals surface area contributed by atoms with Gasteiger partial charge in [0.1, 0.15) is 25.3 Å². The van der Waals surface area contributed by atoms with Crippen molar-refractivity contribution in [2.75, 3.05) is 19.8 Å². The van der Waals surface area contributed by atoms with Gasteiger partial charge in [0.15, 0.2) is 11.5 Å². The van der Waals surface area contributed by atoms with Crippen LogP contribution in [0, 0.1) is 0 Å². The Morgan fingerprint density at radius 1 is 1.19 bits per heavy atom. The van der Waals surface area contributed by atoms with Gasteiger partial charge in [0, 0.05) is 11.7 Å². The highest BCUT2D eigenvalue weighted by Crippen LogP contribution is 2.38. The molecule has 2 aliphatic carbocycles. The van der Waals surface area contributed by atoms with Gasteiger partial charge in [0.25, 0.3) is 5.91 Å². The maximum absolute atomic E-state index is 13.3. The van der Waals surface area contributed by atoms with E-state index in [1.807, 2.05) is 4.90 Å². The van der Waals surface area contributed by atoms with Crippen molar-refractivity contribution < 1.29 is 23.9 Å². The number of ether oxygens (including phenoxy) is 2. The first-order valence-corrected chi connectivity index (χ1v) is 11.0. The molecule has 1 atom stereocenters. The lowest BCUT2D eigenvalue weighted by molar-refractivity contribution is -0.138. The van der Waals surface area contributed by atoms with Gasteiger partial charge in [-0.3, -0.25) is 14.5 Å². The Bertz CT molecular complexity index is 970. The Labute approximate surface area is 181 Å². The van der Waals surface area contributed by atoms with Gasteiger partial charge < -0.3 is 19.7 Å². The quantitative estimate of drug-likeness (QED) is 0.733. The summed E-state index contributed by atoms with van der Waals surface area (Å²) >= 11 is 0. The topological polar surface area (TPSA) is 88.2 Å². The molecular weight excluding hydrogens is 398 g/mol. The molecule has 2 aliphatic heterocycles. The van der Waals surface area contributed by atoms with Crippen LogP contribution in [0.2, 0.25) is 0 Å². The zero-order valence-corrected chi connectivity index (χ0v) is 17.7. The number of fused-ring (bicyclic) bond motifs is 1. The van der Waals surface area contributed by atoms with E-state index < -0.39 is 17.5 Å². The highest BCUT2D eigenvalue weighted by atomic mass is 16.6. The standard InChI is InChI=1S/C23H27N3O5/c1-23(15-7-10-18-19(13-15)31-12-11-30-18)21(28)25(22(29)24-23)14-20(27)26(17-8-9-17)16-5-3-2-4-6-16/h5,7,10,13,17H,2-4,6,8-9,11-12,14H2,1H3,(H,24,29)/t23-/m0/s1. The van der Waals surface area contributed by atoms with E-state index >= 15 is 0 Å². The molecule has 4 amide bonds. The molecule has 1 aromatic carbocycles. The van der Waals surface area contributed by atoms with Crippen molar-refractivity contribution in [1.29, 1.82) is 0 Å². The molecule has 31 heavy (non-hydrogen) atoms. The summed E-state index contributed by atoms with van der Waals surface area (Å²) in [7, 11) is 0. The van der Waals surface area contributed by atoms with Crippen LogP contribution in [0.5, 0.6) is 11.5 Å². The van der Waals surface area contributed by atoms with Gasteiger partial charge in [-0.05, 0) is 63.1 Å². The van der Waals surface area contributed by atoms with Gasteiger partial charge in [0.05, 0.1) is 0 Å². The van der Waals surface area contributed by atoms with Crippen LogP contribution < -0.4 is 14.8 Å². The third-order valence-corrected chi connectivity index (χ3v) is 6.45. The molecule has 8 nitrogen and oxygen atoms in total. The summed E-state index contributed by atoms with van der Waals surface area (Å²) in [5, 5.41) is 2.78. The number of benzene rings is 1. The van der Waals surface area contributed by atoms with Gasteiger partial charge in [0.2, 0.25) is 5.91 Å². The lowest BCUT2D eigenvalue weighted by Gasteiger charge is -2.29. The summed E-state index contributed by atoms with van der Waals surface area (Å²) in [4.78, 5) is 42.1. The Kier molecular flexibility index (Phi) is 4.87. The number of allylic oxidation sites excluding steroid dienone is 2. The molecule has 0 aromatic heterocycles. The van der Waals surface area contributed by atoms with Crippen molar-refractivity contribution in [2.45, 2.75) is 57.0 Å². The molecule has 0 spiro atoms. The molecule has 2 fully saturated rings. The zero-order chi connectivity index (χ0) is 21.6. The lowest BCUT2D eigenvalue weighted by atomic mass is 9.91. The second kappa shape index (κ2) is 7.59. The Hall–Kier alpha value is -3.03. The average molecular weight is 425 g/mol. The van der Waals surface area contributed by atoms with E-state index in [0.717, 1.165) is 49.1 Å². The van der Waals surface area contributed by atoms with E-state index in [4.69, 9.17) is 9.47 Å². The first-order valence-electron chi connectivity index (χ1n) is 11.0. The second-order valence-electron chi connectivity index (χ2n) is 8.74. The van der Waals surface area contributed by atoms with Crippen LogP contribution in [0.15, 0.2) is 30.0 Å². The van der Waals surface area contributed by atoms with Crippen molar-refractivity contribution in [3.63, 3.8) is 0 Å². The Morgan fingerprint density at radius 3 is 2.68 bits per heavy atom. The van der Waals surface area contributed by atoms with Gasteiger partial charge >= 0.3 is 6.03 Å². The fourth-order valence-electron chi connectivity index (χ4n) is 4.57. The van der Waals surface area contributed by atoms with Crippen molar-refractivity contribution >= 4 is 17.8 Å². The maximum Gasteiger partial charge on any atom is 0.325 e. The summed E-state index contributed by atoms with van der Waals surface area (Å²) in [5.41, 5.74) is 0.376. The number of hydrogen-bond acceptors (Lipinski definition) is 5. The number of hydrogen-bond donors (Lipinski definition) is 1. The molecule has 0 radical (unpaired) electrons. The van der Waals surface area contributed by atoms with Crippen LogP contribution in [0.4, 0.5) is 4.79 Å². The SMILES string of the molecule is C[C@@]1(c2ccc3c(c2)OCCO3)NC(=O)N(CC(=O)N(C2=CCCCC2)C2CC2)C1=O. The number of rotatable bonds is 5. The van der Waals surface area contributed by atoms with E-state index in [0.29, 0.717) is 30.3 Å². The van der Waals surface area contributed by atoms with E-state index in [9.17, 15) is 14.4 Å². The lowest BCUT2D eigenvalue weighted by Crippen LogP contribution is -2.45. The van der Waals surface area contributed by atoms with Crippen LogP contribution in [0.3, 0.4) is 0 Å². The van der Waals surface area contributed by atoms with E-state index in [1.165, 1.54) is 0 Å². The minimum absolute atomic E-state index is 0.189. The number of urea groups is 1. The summed E-state index contributed by atoms with van der Waals surface area (Å²) in [6.45, 7) is 2.31. The van der Waals surface area contributed by atoms with Crippen molar-refractivity contribution in [1.82, 2.24) is 15.1 Å². The molecule has 5 rings (SSSR count). The number of imide groups is 1. The average Bonchev–Trinajstić information content (AvgIpc) is 3.59. The summed E-state index contributed by atoms with van der Waals surface area (Å²) in [6, 6.07) is 4.86. The third-order valence-electron chi connectivity index (χ3n) is 6.45. The number of nitrogens with one attached hydrogen (secondary N) is 1. The number of carbonyl (C=O) groups is 3. The molecule has 0 unspecified atom stereocenters. The van der Waals surface area contributed by atoms with Gasteiger partial charge in [-0.25, -0.2) is 4.79 Å². The Morgan fingerprint density at radius 2 is 1.97 bits per heavy atom. The largest absolute Gasteiger partial charge is 0.486 e. The highest BCUT2D eigenvalue weighted by molar-refractivity contribution is 6.09. The number of nitrogens with zero attached hydrogens (tertiary/aromatic N) is 2. The minimum Gasteiger partial charge on any atom is -0.486 e. The van der Waals surface area contributed by atoms with Crippen molar-refractivity contribution in [3.05, 3.63) is 35.5 Å². The second-order valence-corrected chi connectivity index (χ2v) is 8.74. The van der Waals surface area contributed by atoms with Gasteiger partial charge in [-0.2, -0.15) is 0 Å². The number of amides is 4. The molecule has 1 saturated carbocycles. The highest BCUT2D eigenvalue weighted by Gasteiger charge is 2.50. The summed E-state index contributed by atoms with van der Waals surface area (Å²) in [6.07, 6.45) is 8.11. The molecule has 8 heteroatoms. The van der Waals surface area contributed by atoms with E-state index in [2.05, 4.69) is 11.4 Å². The molecule has 1 saturated heterocycles. The van der Waals surface area contributed by atoms with Crippen LogP contribution >= 0.6 is 0 Å². The predicted molar refractivity (Wildman–Crippen MR) is 111 cm³/mol. The van der Waals surface area contributed by atoms with Gasteiger partial charge in [-0.1, -0.05) is 12.1 Å². The molecule has 2 heterocycles. The van der Waals surface area contributed by atoms with Crippen LogP contribution in [-0.4, -0.2) is 53.4 Å². The molecule has 0 bridgehead atoms. The first kappa shape index (κ1) is 19.9. The van der Waals surface area contributed by atoms with E-state index in [-0.39, 0.29) is 18.5 Å². The molecule has 1 N–H and O–H groups in total. The normalized spacial score (nSPS) is 25.2. The first-order chi connectivity index (χ1) is 15.0. The maximum atomic E-state index is 13.3. The third kappa shape index (κ3) is 3.54. The molecule has 4 aliphatic rings. The van der Waals surface area contributed by atoms with Crippen LogP contribution in [0.25, 0.3) is 0 Å². The molecule has 164 valence electrons. The monoisotopic (exact) mass is 425 g/mol. The van der Waals surface area contributed by atoms with Gasteiger partial charge in [-0.15, -0.1) is 0 Å². The molecule has 1 aromatic rings. The summed E-state index contributed by atoms with van der Waals surface area (Å²) < 4.78 is 11.2. The smallest absolute Gasteiger partial charge is 0.325 e. The minimum atomic E-state index is -1.26. The number of carbonyl (C=O) groups excluding carboxylic acids is 3. The predicted octanol–water partition coefficient (Wildman–Crippen LogP) is 2.67. The summed E-state index contributed by atoms with van der Waals surface area (Å²) in [5.74, 6) is 0.537. The zero-order valence-electron chi connectivity index (χ0n) is 17.7. The van der Waals surface area contributed by atoms with Crippen molar-refractivity contribution in [3.8, 4) is 11.5 Å². The molecular formula is C23H27N3O5. The van der Waals surface area contributed by atoms with Crippen LogP contribution in [0.1, 0.15) is 51.0 Å². The van der Waals surface area contributed by atoms with Crippen molar-refractivity contribution in [2.24, 2.45) is 0 Å². The fraction of sp³-hybridized carbons (Fsp3) is 0.522. The fourth-order valence-corrected chi connectivity index (χ4v) is 4.57. The Balaban J connectivity index is 1.36. The van der Waals surface area contributed by atoms with E-state index in [1.54, 1.807) is 25.1 Å².